The maximum Gasteiger partial charge on any atom is 0.168 e. The lowest BCUT2D eigenvalue weighted by molar-refractivity contribution is 0.398. The average Bonchev–Trinajstić information content (AvgIpc) is 2.87. The number of rotatable bonds is 2. The zero-order valence-electron chi connectivity index (χ0n) is 12.5. The van der Waals surface area contributed by atoms with Crippen LogP contribution in [0.15, 0.2) is 30.3 Å². The van der Waals surface area contributed by atoms with Crippen LogP contribution in [0.5, 0.6) is 17.2 Å². The Kier molecular flexibility index (Phi) is 3.85. The summed E-state index contributed by atoms with van der Waals surface area (Å²) in [6, 6.07) is 6.29. The van der Waals surface area contributed by atoms with Crippen LogP contribution >= 0.6 is 0 Å². The Morgan fingerprint density at radius 3 is 2.35 bits per heavy atom. The lowest BCUT2D eigenvalue weighted by Gasteiger charge is -2.21. The number of halogens is 2. The zero-order chi connectivity index (χ0) is 16.7. The molecule has 1 heterocycles. The van der Waals surface area contributed by atoms with Gasteiger partial charge < -0.3 is 20.2 Å². The smallest absolute Gasteiger partial charge is 0.168 e. The van der Waals surface area contributed by atoms with E-state index in [1.54, 1.807) is 6.07 Å². The fraction of sp³-hybridized carbons (Fsp3) is 0.294. The predicted octanol–water partition coefficient (Wildman–Crippen LogP) is 2.89. The highest BCUT2D eigenvalue weighted by Crippen LogP contribution is 2.44. The van der Waals surface area contributed by atoms with Crippen molar-refractivity contribution >= 4 is 0 Å². The molecule has 3 rings (SSSR count). The molecule has 2 aromatic carbocycles. The molecule has 0 bridgehead atoms. The van der Waals surface area contributed by atoms with Crippen LogP contribution in [0.25, 0.3) is 0 Å². The van der Waals surface area contributed by atoms with Crippen molar-refractivity contribution in [3.63, 3.8) is 0 Å². The minimum absolute atomic E-state index is 0.168. The molecular weight excluding hydrogens is 304 g/mol. The number of hydrogen-bond donors (Lipinski definition) is 3. The average molecular weight is 321 g/mol. The Bertz CT molecular complexity index is 751. The van der Waals surface area contributed by atoms with Gasteiger partial charge >= 0.3 is 0 Å². The van der Waals surface area contributed by atoms with Gasteiger partial charge in [-0.25, -0.2) is 8.78 Å². The molecule has 0 spiro atoms. The molecule has 4 nitrogen and oxygen atoms in total. The number of likely N-dealkylation sites (N-methyl/N-ethyl adjacent to an activating group) is 1. The number of benzene rings is 2. The van der Waals surface area contributed by atoms with Gasteiger partial charge in [0.1, 0.15) is 5.82 Å². The molecule has 0 aromatic heterocycles. The van der Waals surface area contributed by atoms with E-state index in [1.807, 2.05) is 11.9 Å². The van der Waals surface area contributed by atoms with Gasteiger partial charge in [0.05, 0.1) is 0 Å². The minimum Gasteiger partial charge on any atom is -0.505 e. The quantitative estimate of drug-likeness (QED) is 0.744. The van der Waals surface area contributed by atoms with Gasteiger partial charge in [-0.2, -0.15) is 0 Å². The summed E-state index contributed by atoms with van der Waals surface area (Å²) in [5.41, 5.74) is 0.947. The first-order chi connectivity index (χ1) is 10.9. The van der Waals surface area contributed by atoms with E-state index in [2.05, 4.69) is 0 Å². The second-order valence-corrected chi connectivity index (χ2v) is 6.01. The molecule has 1 aliphatic heterocycles. The maximum atomic E-state index is 13.7. The first-order valence-corrected chi connectivity index (χ1v) is 7.25. The topological polar surface area (TPSA) is 63.9 Å². The molecular formula is C17H17F2NO3. The molecule has 2 atom stereocenters. The highest BCUT2D eigenvalue weighted by Gasteiger charge is 2.35. The van der Waals surface area contributed by atoms with Gasteiger partial charge in [0, 0.05) is 36.6 Å². The lowest BCUT2D eigenvalue weighted by atomic mass is 9.83. The normalized spacial score (nSPS) is 21.7. The van der Waals surface area contributed by atoms with Gasteiger partial charge in [-0.05, 0) is 30.8 Å². The number of nitrogens with zero attached hydrogens (tertiary/aromatic N) is 1. The summed E-state index contributed by atoms with van der Waals surface area (Å²) in [6.45, 7) is 1.12. The molecule has 0 saturated carbocycles. The third-order valence-electron chi connectivity index (χ3n) is 4.39. The molecule has 0 unspecified atom stereocenters. The molecule has 1 aliphatic rings. The van der Waals surface area contributed by atoms with E-state index in [0.29, 0.717) is 19.2 Å². The number of phenolic OH excluding ortho intramolecular Hbond substituents is 3. The van der Waals surface area contributed by atoms with Crippen molar-refractivity contribution in [3.8, 4) is 17.2 Å². The fourth-order valence-corrected chi connectivity index (χ4v) is 3.29. The molecule has 0 radical (unpaired) electrons. The van der Waals surface area contributed by atoms with Crippen LogP contribution < -0.4 is 0 Å². The molecule has 0 aliphatic carbocycles. The molecule has 6 heteroatoms. The van der Waals surface area contributed by atoms with Crippen LogP contribution in [0.1, 0.15) is 23.0 Å². The Morgan fingerprint density at radius 2 is 1.65 bits per heavy atom. The van der Waals surface area contributed by atoms with Gasteiger partial charge in [-0.1, -0.05) is 6.07 Å². The summed E-state index contributed by atoms with van der Waals surface area (Å²) in [5.74, 6) is -3.23. The second kappa shape index (κ2) is 5.70. The van der Waals surface area contributed by atoms with Crippen molar-refractivity contribution in [2.75, 3.05) is 20.1 Å². The van der Waals surface area contributed by atoms with Gasteiger partial charge in [0.2, 0.25) is 0 Å². The summed E-state index contributed by atoms with van der Waals surface area (Å²) in [5, 5.41) is 29.1. The molecule has 0 amide bonds. The highest BCUT2D eigenvalue weighted by molar-refractivity contribution is 5.45. The van der Waals surface area contributed by atoms with Crippen molar-refractivity contribution in [2.24, 2.45) is 0 Å². The largest absolute Gasteiger partial charge is 0.505 e. The van der Waals surface area contributed by atoms with Crippen LogP contribution in [0.2, 0.25) is 0 Å². The van der Waals surface area contributed by atoms with Crippen LogP contribution in [-0.2, 0) is 0 Å². The summed E-state index contributed by atoms with van der Waals surface area (Å²) in [7, 11) is 1.87. The van der Waals surface area contributed by atoms with E-state index in [1.165, 1.54) is 12.1 Å². The molecule has 1 fully saturated rings. The first kappa shape index (κ1) is 15.6. The Morgan fingerprint density at radius 1 is 0.957 bits per heavy atom. The monoisotopic (exact) mass is 321 g/mol. The van der Waals surface area contributed by atoms with E-state index in [-0.39, 0.29) is 28.9 Å². The zero-order valence-corrected chi connectivity index (χ0v) is 12.5. The van der Waals surface area contributed by atoms with Crippen molar-refractivity contribution in [1.29, 1.82) is 0 Å². The van der Waals surface area contributed by atoms with E-state index < -0.39 is 17.4 Å². The molecule has 2 aromatic rings. The summed E-state index contributed by atoms with van der Waals surface area (Å²) in [6.07, 6.45) is 0. The molecule has 23 heavy (non-hydrogen) atoms. The summed E-state index contributed by atoms with van der Waals surface area (Å²) < 4.78 is 27.2. The Balaban J connectivity index is 2.05. The Labute approximate surface area is 132 Å². The van der Waals surface area contributed by atoms with Crippen LogP contribution in [-0.4, -0.2) is 40.4 Å². The van der Waals surface area contributed by atoms with Gasteiger partial charge in [-0.15, -0.1) is 0 Å². The van der Waals surface area contributed by atoms with Gasteiger partial charge in [0.25, 0.3) is 0 Å². The molecule has 3 N–H and O–H groups in total. The molecule has 1 saturated heterocycles. The summed E-state index contributed by atoms with van der Waals surface area (Å²) >= 11 is 0. The third-order valence-corrected chi connectivity index (χ3v) is 4.39. The number of phenols is 3. The van der Waals surface area contributed by atoms with E-state index in [9.17, 15) is 24.1 Å². The van der Waals surface area contributed by atoms with Crippen LogP contribution in [0, 0.1) is 11.6 Å². The van der Waals surface area contributed by atoms with Crippen LogP contribution in [0.4, 0.5) is 8.78 Å². The minimum atomic E-state index is -0.984. The van der Waals surface area contributed by atoms with Gasteiger partial charge in [0.15, 0.2) is 23.1 Å². The second-order valence-electron chi connectivity index (χ2n) is 6.01. The number of aromatic hydroxyl groups is 3. The SMILES string of the molecule is CN1C[C@H](c2ccc(O)c(O)c2)[C@@H](c2cc(F)cc(F)c2O)C1. The van der Waals surface area contributed by atoms with Crippen molar-refractivity contribution < 1.29 is 24.1 Å². The van der Waals surface area contributed by atoms with Crippen molar-refractivity contribution in [2.45, 2.75) is 11.8 Å². The van der Waals surface area contributed by atoms with E-state index in [4.69, 9.17) is 0 Å². The van der Waals surface area contributed by atoms with Gasteiger partial charge in [-0.3, -0.25) is 0 Å². The number of likely N-dealkylation sites (tertiary alicyclic amines) is 1. The van der Waals surface area contributed by atoms with E-state index in [0.717, 1.165) is 11.6 Å². The summed E-state index contributed by atoms with van der Waals surface area (Å²) in [4.78, 5) is 1.99. The fourth-order valence-electron chi connectivity index (χ4n) is 3.29. The van der Waals surface area contributed by atoms with Crippen molar-refractivity contribution in [3.05, 3.63) is 53.1 Å². The van der Waals surface area contributed by atoms with Crippen molar-refractivity contribution in [1.82, 2.24) is 4.90 Å². The highest BCUT2D eigenvalue weighted by atomic mass is 19.1. The van der Waals surface area contributed by atoms with Crippen LogP contribution in [0.3, 0.4) is 0 Å². The third kappa shape index (κ3) is 2.82. The maximum absolute atomic E-state index is 13.7. The predicted molar refractivity (Wildman–Crippen MR) is 80.8 cm³/mol. The molecule has 122 valence electrons. The number of hydrogen-bond acceptors (Lipinski definition) is 4. The first-order valence-electron chi connectivity index (χ1n) is 7.25. The Hall–Kier alpha value is -2.34. The lowest BCUT2D eigenvalue weighted by Crippen LogP contribution is -2.13. The van der Waals surface area contributed by atoms with E-state index >= 15 is 0 Å². The standard InChI is InChI=1S/C17H17F2NO3/c1-20-7-12(9-2-3-15(21)16(22)4-9)13(8-20)11-5-10(18)6-14(19)17(11)23/h2-6,12-13,21-23H,7-8H2,1H3/t12-,13-/m1/s1.